The minimum Gasteiger partial charge on any atom is -0.349 e. The Bertz CT molecular complexity index is 311. The van der Waals surface area contributed by atoms with Crippen molar-refractivity contribution < 1.29 is 9.47 Å². The molecule has 2 nitrogen and oxygen atoms in total. The first kappa shape index (κ1) is 11.6. The second kappa shape index (κ2) is 4.98. The predicted molar refractivity (Wildman–Crippen MR) is 64.2 cm³/mol. The van der Waals surface area contributed by atoms with Gasteiger partial charge < -0.3 is 9.47 Å². The van der Waals surface area contributed by atoms with Crippen LogP contribution in [0.4, 0.5) is 0 Å². The van der Waals surface area contributed by atoms with E-state index in [4.69, 9.17) is 9.47 Å². The summed E-state index contributed by atoms with van der Waals surface area (Å²) >= 11 is 0. The summed E-state index contributed by atoms with van der Waals surface area (Å²) in [4.78, 5) is 0. The molecule has 16 heavy (non-hydrogen) atoms. The van der Waals surface area contributed by atoms with E-state index >= 15 is 0 Å². The van der Waals surface area contributed by atoms with Crippen molar-refractivity contribution in [3.8, 4) is 0 Å². The minimum absolute atomic E-state index is 0.0939. The average Bonchev–Trinajstić information content (AvgIpc) is 2.27. The van der Waals surface area contributed by atoms with Crippen molar-refractivity contribution >= 4 is 0 Å². The van der Waals surface area contributed by atoms with E-state index in [0.29, 0.717) is 5.92 Å². The lowest BCUT2D eigenvalue weighted by atomic mass is 9.98. The van der Waals surface area contributed by atoms with Crippen LogP contribution in [-0.4, -0.2) is 18.5 Å². The number of rotatable bonds is 2. The molecule has 0 spiro atoms. The molecule has 0 bridgehead atoms. The van der Waals surface area contributed by atoms with Gasteiger partial charge in [0.2, 0.25) is 0 Å². The van der Waals surface area contributed by atoms with Crippen LogP contribution >= 0.6 is 0 Å². The van der Waals surface area contributed by atoms with Gasteiger partial charge in [-0.05, 0) is 19.4 Å². The zero-order chi connectivity index (χ0) is 11.5. The summed E-state index contributed by atoms with van der Waals surface area (Å²) in [5.74, 6) is 0.465. The first-order valence-electron chi connectivity index (χ1n) is 6.01. The summed E-state index contributed by atoms with van der Waals surface area (Å²) < 4.78 is 11.7. The third-order valence-corrected chi connectivity index (χ3v) is 3.46. The number of ether oxygens (including phenoxy) is 2. The van der Waals surface area contributed by atoms with Crippen LogP contribution in [0.2, 0.25) is 0 Å². The highest BCUT2D eigenvalue weighted by Crippen LogP contribution is 2.25. The van der Waals surface area contributed by atoms with Gasteiger partial charge >= 0.3 is 0 Å². The first-order chi connectivity index (χ1) is 7.66. The fourth-order valence-electron chi connectivity index (χ4n) is 2.04. The Hall–Kier alpha value is -0.860. The summed E-state index contributed by atoms with van der Waals surface area (Å²) in [5.41, 5.74) is 1.27. The number of hydrogen-bond donors (Lipinski definition) is 0. The van der Waals surface area contributed by atoms with Crippen LogP contribution in [0.15, 0.2) is 30.3 Å². The molecule has 1 aromatic rings. The molecule has 1 saturated heterocycles. The molecule has 0 aromatic heterocycles. The van der Waals surface area contributed by atoms with Crippen molar-refractivity contribution in [3.63, 3.8) is 0 Å². The molecular formula is C14H20O2. The van der Waals surface area contributed by atoms with E-state index < -0.39 is 0 Å². The van der Waals surface area contributed by atoms with Crippen molar-refractivity contribution in [2.24, 2.45) is 5.92 Å². The third kappa shape index (κ3) is 2.63. The van der Waals surface area contributed by atoms with Crippen molar-refractivity contribution in [3.05, 3.63) is 35.9 Å². The maximum atomic E-state index is 5.85. The molecule has 1 aliphatic heterocycles. The molecule has 0 radical (unpaired) electrons. The topological polar surface area (TPSA) is 18.5 Å². The van der Waals surface area contributed by atoms with Gasteiger partial charge in [-0.3, -0.25) is 0 Å². The molecule has 0 N–H and O–H groups in total. The quantitative estimate of drug-likeness (QED) is 0.762. The van der Waals surface area contributed by atoms with E-state index in [1.165, 1.54) is 5.56 Å². The Morgan fingerprint density at radius 2 is 1.50 bits per heavy atom. The van der Waals surface area contributed by atoms with E-state index in [-0.39, 0.29) is 18.5 Å². The minimum atomic E-state index is -0.0939. The van der Waals surface area contributed by atoms with Gasteiger partial charge in [0, 0.05) is 12.3 Å². The lowest BCUT2D eigenvalue weighted by Crippen LogP contribution is -2.43. The molecule has 0 aliphatic carbocycles. The van der Waals surface area contributed by atoms with E-state index in [1.807, 2.05) is 18.2 Å². The summed E-state index contributed by atoms with van der Waals surface area (Å²) in [6, 6.07) is 10.3. The van der Waals surface area contributed by atoms with Crippen LogP contribution < -0.4 is 0 Å². The van der Waals surface area contributed by atoms with Crippen molar-refractivity contribution in [2.75, 3.05) is 0 Å². The number of hydrogen-bond acceptors (Lipinski definition) is 2. The third-order valence-electron chi connectivity index (χ3n) is 3.46. The Labute approximate surface area is 97.6 Å². The van der Waals surface area contributed by atoms with Crippen LogP contribution in [-0.2, 0) is 15.9 Å². The lowest BCUT2D eigenvalue weighted by Gasteiger charge is -2.37. The van der Waals surface area contributed by atoms with Gasteiger partial charge in [-0.25, -0.2) is 0 Å². The summed E-state index contributed by atoms with van der Waals surface area (Å²) in [6.45, 7) is 6.43. The first-order valence-corrected chi connectivity index (χ1v) is 6.01. The Balaban J connectivity index is 1.97. The molecule has 1 fully saturated rings. The van der Waals surface area contributed by atoms with Crippen LogP contribution in [0.5, 0.6) is 0 Å². The fraction of sp³-hybridized carbons (Fsp3) is 0.571. The van der Waals surface area contributed by atoms with Gasteiger partial charge in [-0.2, -0.15) is 0 Å². The molecule has 1 heterocycles. The van der Waals surface area contributed by atoms with Crippen LogP contribution in [0, 0.1) is 5.92 Å². The highest BCUT2D eigenvalue weighted by Gasteiger charge is 2.31. The smallest absolute Gasteiger partial charge is 0.162 e. The summed E-state index contributed by atoms with van der Waals surface area (Å²) in [7, 11) is 0. The maximum absolute atomic E-state index is 5.85. The van der Waals surface area contributed by atoms with Crippen LogP contribution in [0.3, 0.4) is 0 Å². The zero-order valence-corrected chi connectivity index (χ0v) is 10.2. The van der Waals surface area contributed by atoms with Crippen molar-refractivity contribution in [2.45, 2.75) is 45.7 Å². The Kier molecular flexibility index (Phi) is 3.62. The van der Waals surface area contributed by atoms with Gasteiger partial charge in [-0.15, -0.1) is 0 Å². The van der Waals surface area contributed by atoms with E-state index in [1.54, 1.807) is 0 Å². The molecule has 2 unspecified atom stereocenters. The van der Waals surface area contributed by atoms with Gasteiger partial charge in [0.1, 0.15) is 0 Å². The van der Waals surface area contributed by atoms with E-state index in [2.05, 4.69) is 32.9 Å². The lowest BCUT2D eigenvalue weighted by molar-refractivity contribution is -0.255. The van der Waals surface area contributed by atoms with Crippen molar-refractivity contribution in [1.82, 2.24) is 0 Å². The standard InChI is InChI=1S/C14H20O2/c1-10-11(2)15-14(16-12(10)3)9-13-7-5-4-6-8-13/h4-8,10-12,14H,9H2,1-3H3. The van der Waals surface area contributed by atoms with Gasteiger partial charge in [-0.1, -0.05) is 37.3 Å². The molecule has 2 atom stereocenters. The van der Waals surface area contributed by atoms with E-state index in [0.717, 1.165) is 6.42 Å². The van der Waals surface area contributed by atoms with Crippen LogP contribution in [0.1, 0.15) is 26.3 Å². The largest absolute Gasteiger partial charge is 0.349 e. The molecule has 0 saturated carbocycles. The fourth-order valence-corrected chi connectivity index (χ4v) is 2.04. The average molecular weight is 220 g/mol. The SMILES string of the molecule is CC1OC(Cc2ccccc2)OC(C)C1C. The molecule has 0 amide bonds. The molecule has 2 rings (SSSR count). The second-order valence-corrected chi connectivity index (χ2v) is 4.66. The summed E-state index contributed by atoms with van der Waals surface area (Å²) in [6.07, 6.45) is 1.29. The normalized spacial score (nSPS) is 34.9. The monoisotopic (exact) mass is 220 g/mol. The highest BCUT2D eigenvalue weighted by atomic mass is 16.7. The number of benzene rings is 1. The van der Waals surface area contributed by atoms with Gasteiger partial charge in [0.05, 0.1) is 12.2 Å². The zero-order valence-electron chi connectivity index (χ0n) is 10.2. The van der Waals surface area contributed by atoms with Gasteiger partial charge in [0.25, 0.3) is 0 Å². The molecule has 1 aromatic carbocycles. The highest BCUT2D eigenvalue weighted by molar-refractivity contribution is 5.15. The molecule has 88 valence electrons. The maximum Gasteiger partial charge on any atom is 0.162 e. The van der Waals surface area contributed by atoms with E-state index in [9.17, 15) is 0 Å². The van der Waals surface area contributed by atoms with Gasteiger partial charge in [0.15, 0.2) is 6.29 Å². The van der Waals surface area contributed by atoms with Crippen molar-refractivity contribution in [1.29, 1.82) is 0 Å². The predicted octanol–water partition coefficient (Wildman–Crippen LogP) is 3.02. The van der Waals surface area contributed by atoms with Crippen LogP contribution in [0.25, 0.3) is 0 Å². The second-order valence-electron chi connectivity index (χ2n) is 4.66. The summed E-state index contributed by atoms with van der Waals surface area (Å²) in [5, 5.41) is 0. The molecule has 2 heteroatoms. The Morgan fingerprint density at radius 1 is 0.938 bits per heavy atom. The molecule has 1 aliphatic rings. The Morgan fingerprint density at radius 3 is 2.06 bits per heavy atom. The molecular weight excluding hydrogens is 200 g/mol.